The van der Waals surface area contributed by atoms with E-state index < -0.39 is 0 Å². The molecule has 0 radical (unpaired) electrons. The third-order valence-electron chi connectivity index (χ3n) is 3.34. The summed E-state index contributed by atoms with van der Waals surface area (Å²) in [6, 6.07) is 8.76. The first-order chi connectivity index (χ1) is 11.6. The highest BCUT2D eigenvalue weighted by Crippen LogP contribution is 2.29. The van der Waals surface area contributed by atoms with Gasteiger partial charge in [-0.2, -0.15) is 0 Å². The highest BCUT2D eigenvalue weighted by molar-refractivity contribution is 8.14. The fourth-order valence-electron chi connectivity index (χ4n) is 2.24. The van der Waals surface area contributed by atoms with Gasteiger partial charge in [-0.25, -0.2) is 4.79 Å². The number of nitrogens with zero attached hydrogens (tertiary/aromatic N) is 2. The average molecular weight is 381 g/mol. The molecular weight excluding hydrogens is 367 g/mol. The van der Waals surface area contributed by atoms with Gasteiger partial charge in [-0.05, 0) is 41.5 Å². The largest absolute Gasteiger partial charge is 0.334 e. The number of thioether (sulfide) groups is 1. The van der Waals surface area contributed by atoms with Crippen molar-refractivity contribution in [1.29, 1.82) is 0 Å². The molecule has 24 heavy (non-hydrogen) atoms. The third-order valence-corrected chi connectivity index (χ3v) is 4.74. The Kier molecular flexibility index (Phi) is 5.60. The average Bonchev–Trinajstić information content (AvgIpc) is 3.01. The Morgan fingerprint density at radius 1 is 1.21 bits per heavy atom. The summed E-state index contributed by atoms with van der Waals surface area (Å²) in [5.41, 5.74) is 1.92. The molecule has 1 aliphatic rings. The molecule has 0 aliphatic carbocycles. The summed E-state index contributed by atoms with van der Waals surface area (Å²) >= 11 is 13.4. The number of nitrogens with one attached hydrogen (secondary N) is 2. The molecule has 1 atom stereocenters. The summed E-state index contributed by atoms with van der Waals surface area (Å²) in [7, 11) is 0. The zero-order valence-corrected chi connectivity index (χ0v) is 14.8. The molecule has 1 aromatic carbocycles. The summed E-state index contributed by atoms with van der Waals surface area (Å²) < 4.78 is 0. The van der Waals surface area contributed by atoms with E-state index in [1.165, 1.54) is 11.8 Å². The maximum atomic E-state index is 12.0. The van der Waals surface area contributed by atoms with Crippen LogP contribution in [-0.2, 0) is 6.54 Å². The van der Waals surface area contributed by atoms with Crippen molar-refractivity contribution in [3.8, 4) is 0 Å². The van der Waals surface area contributed by atoms with E-state index in [1.807, 2.05) is 12.1 Å². The van der Waals surface area contributed by atoms with E-state index in [1.54, 1.807) is 30.6 Å². The first-order valence-corrected chi connectivity index (χ1v) is 8.94. The lowest BCUT2D eigenvalue weighted by atomic mass is 10.1. The number of pyridine rings is 1. The fraction of sp³-hybridized carbons (Fsp3) is 0.188. The second-order valence-electron chi connectivity index (χ2n) is 5.13. The van der Waals surface area contributed by atoms with Crippen molar-refractivity contribution in [2.45, 2.75) is 12.6 Å². The quantitative estimate of drug-likeness (QED) is 0.844. The maximum Gasteiger partial charge on any atom is 0.321 e. The van der Waals surface area contributed by atoms with Crippen molar-refractivity contribution < 1.29 is 4.79 Å². The number of rotatable bonds is 3. The lowest BCUT2D eigenvalue weighted by Gasteiger charge is -2.07. The number of amides is 2. The van der Waals surface area contributed by atoms with E-state index in [4.69, 9.17) is 23.2 Å². The van der Waals surface area contributed by atoms with Crippen LogP contribution in [0.5, 0.6) is 0 Å². The van der Waals surface area contributed by atoms with E-state index in [2.05, 4.69) is 20.6 Å². The fourth-order valence-corrected chi connectivity index (χ4v) is 3.76. The van der Waals surface area contributed by atoms with Crippen molar-refractivity contribution in [3.05, 3.63) is 63.9 Å². The number of benzene rings is 1. The smallest absolute Gasteiger partial charge is 0.321 e. The van der Waals surface area contributed by atoms with E-state index >= 15 is 0 Å². The molecule has 0 saturated carbocycles. The SMILES string of the molecule is O=C(NCc1cc(Cl)cc(Cl)c1)NC1=NC(c2ccncc2)CS1. The van der Waals surface area contributed by atoms with Gasteiger partial charge in [0, 0.05) is 34.7 Å². The molecule has 2 heterocycles. The van der Waals surface area contributed by atoms with Gasteiger partial charge < -0.3 is 5.32 Å². The van der Waals surface area contributed by atoms with Gasteiger partial charge in [0.1, 0.15) is 0 Å². The number of aliphatic imine (C=N–C) groups is 1. The minimum absolute atomic E-state index is 0.0417. The van der Waals surface area contributed by atoms with Gasteiger partial charge in [-0.3, -0.25) is 15.3 Å². The highest BCUT2D eigenvalue weighted by Gasteiger charge is 2.21. The lowest BCUT2D eigenvalue weighted by Crippen LogP contribution is -2.37. The molecule has 2 aromatic rings. The second-order valence-corrected chi connectivity index (χ2v) is 7.01. The normalized spacial score (nSPS) is 16.6. The molecule has 1 aromatic heterocycles. The lowest BCUT2D eigenvalue weighted by molar-refractivity contribution is 0.245. The van der Waals surface area contributed by atoms with Crippen LogP contribution in [0.2, 0.25) is 10.0 Å². The van der Waals surface area contributed by atoms with Crippen LogP contribution in [0.4, 0.5) is 4.79 Å². The van der Waals surface area contributed by atoms with Gasteiger partial charge >= 0.3 is 6.03 Å². The number of hydrogen-bond donors (Lipinski definition) is 2. The molecule has 2 amide bonds. The molecule has 8 heteroatoms. The summed E-state index contributed by atoms with van der Waals surface area (Å²) in [5.74, 6) is 0.795. The number of halogens is 2. The minimum Gasteiger partial charge on any atom is -0.334 e. The number of amidine groups is 1. The van der Waals surface area contributed by atoms with Gasteiger partial charge in [0.05, 0.1) is 6.04 Å². The van der Waals surface area contributed by atoms with Crippen LogP contribution in [0.1, 0.15) is 17.2 Å². The zero-order valence-electron chi connectivity index (χ0n) is 12.5. The minimum atomic E-state index is -0.312. The second kappa shape index (κ2) is 7.88. The Labute approximate surface area is 153 Å². The molecule has 0 spiro atoms. The Hall–Kier alpha value is -1.76. The van der Waals surface area contributed by atoms with Crippen molar-refractivity contribution in [2.75, 3.05) is 5.75 Å². The van der Waals surface area contributed by atoms with Crippen LogP contribution in [-0.4, -0.2) is 21.9 Å². The van der Waals surface area contributed by atoms with Crippen molar-refractivity contribution in [3.63, 3.8) is 0 Å². The Morgan fingerprint density at radius 2 is 1.92 bits per heavy atom. The summed E-state index contributed by atoms with van der Waals surface area (Å²) in [6.07, 6.45) is 3.48. The standard InChI is InChI=1S/C16H14Cl2N4OS/c17-12-5-10(6-13(18)7-12)8-20-15(23)22-16-21-14(9-24-16)11-1-3-19-4-2-11/h1-7,14H,8-9H2,(H2,20,21,22,23). The first-order valence-electron chi connectivity index (χ1n) is 7.20. The van der Waals surface area contributed by atoms with Crippen molar-refractivity contribution >= 4 is 46.2 Å². The Balaban J connectivity index is 1.54. The number of urea groups is 1. The molecule has 1 unspecified atom stereocenters. The Bertz CT molecular complexity index is 750. The van der Waals surface area contributed by atoms with E-state index in [9.17, 15) is 4.79 Å². The van der Waals surface area contributed by atoms with Gasteiger partial charge in [0.2, 0.25) is 0 Å². The number of carbonyl (C=O) groups is 1. The van der Waals surface area contributed by atoms with E-state index in [0.717, 1.165) is 16.9 Å². The predicted octanol–water partition coefficient (Wildman–Crippen LogP) is 4.03. The molecule has 2 N–H and O–H groups in total. The molecule has 0 fully saturated rings. The van der Waals surface area contributed by atoms with Crippen LogP contribution in [0.25, 0.3) is 0 Å². The van der Waals surface area contributed by atoms with Gasteiger partial charge in [-0.1, -0.05) is 35.0 Å². The topological polar surface area (TPSA) is 66.4 Å². The van der Waals surface area contributed by atoms with Crippen LogP contribution in [0, 0.1) is 0 Å². The molecule has 0 saturated heterocycles. The summed E-state index contributed by atoms with van der Waals surface area (Å²) in [5, 5.41) is 7.21. The Morgan fingerprint density at radius 3 is 2.62 bits per heavy atom. The predicted molar refractivity (Wildman–Crippen MR) is 98.7 cm³/mol. The molecular formula is C16H14Cl2N4OS. The van der Waals surface area contributed by atoms with Gasteiger partial charge in [-0.15, -0.1) is 0 Å². The van der Waals surface area contributed by atoms with Crippen molar-refractivity contribution in [1.82, 2.24) is 15.6 Å². The number of aromatic nitrogens is 1. The molecule has 0 bridgehead atoms. The summed E-state index contributed by atoms with van der Waals surface area (Å²) in [6.45, 7) is 0.331. The van der Waals surface area contributed by atoms with Gasteiger partial charge in [0.15, 0.2) is 5.17 Å². The van der Waals surface area contributed by atoms with Crippen LogP contribution < -0.4 is 10.6 Å². The monoisotopic (exact) mass is 380 g/mol. The third kappa shape index (κ3) is 4.63. The first kappa shape index (κ1) is 17.1. The number of hydrogen-bond acceptors (Lipinski definition) is 4. The molecule has 5 nitrogen and oxygen atoms in total. The molecule has 3 rings (SSSR count). The van der Waals surface area contributed by atoms with Gasteiger partial charge in [0.25, 0.3) is 0 Å². The molecule has 124 valence electrons. The van der Waals surface area contributed by atoms with Crippen molar-refractivity contribution in [2.24, 2.45) is 4.99 Å². The zero-order chi connectivity index (χ0) is 16.9. The van der Waals surface area contributed by atoms with Crippen LogP contribution in [0.15, 0.2) is 47.7 Å². The number of carbonyl (C=O) groups excluding carboxylic acids is 1. The highest BCUT2D eigenvalue weighted by atomic mass is 35.5. The molecule has 1 aliphatic heterocycles. The van der Waals surface area contributed by atoms with Crippen LogP contribution in [0.3, 0.4) is 0 Å². The summed E-state index contributed by atoms with van der Waals surface area (Å²) in [4.78, 5) is 20.5. The van der Waals surface area contributed by atoms with Crippen LogP contribution >= 0.6 is 35.0 Å². The van der Waals surface area contributed by atoms with E-state index in [-0.39, 0.29) is 12.1 Å². The van der Waals surface area contributed by atoms with E-state index in [0.29, 0.717) is 21.8 Å². The maximum absolute atomic E-state index is 12.0.